The first kappa shape index (κ1) is 18.3. The van der Waals surface area contributed by atoms with E-state index in [1.807, 2.05) is 33.8 Å². The predicted octanol–water partition coefficient (Wildman–Crippen LogP) is 1.64. The molecular formula is C21H19FN6O2. The van der Waals surface area contributed by atoms with Gasteiger partial charge in [0.25, 0.3) is 5.91 Å². The third-order valence-corrected chi connectivity index (χ3v) is 5.25. The van der Waals surface area contributed by atoms with Gasteiger partial charge in [0.15, 0.2) is 11.5 Å². The van der Waals surface area contributed by atoms with Gasteiger partial charge in [0.05, 0.1) is 23.3 Å². The molecule has 0 saturated carbocycles. The number of nitrogens with zero attached hydrogens (tertiary/aromatic N) is 5. The Labute approximate surface area is 171 Å². The van der Waals surface area contributed by atoms with Gasteiger partial charge in [-0.1, -0.05) is 0 Å². The molecule has 1 aliphatic rings. The van der Waals surface area contributed by atoms with E-state index in [9.17, 15) is 14.3 Å². The van der Waals surface area contributed by atoms with Crippen LogP contribution in [0.15, 0.2) is 67.3 Å². The van der Waals surface area contributed by atoms with Crippen molar-refractivity contribution in [2.45, 2.75) is 12.1 Å². The van der Waals surface area contributed by atoms with Crippen LogP contribution in [0.3, 0.4) is 0 Å². The number of anilines is 1. The molecule has 2 N–H and O–H groups in total. The third kappa shape index (κ3) is 3.29. The van der Waals surface area contributed by atoms with Crippen molar-refractivity contribution >= 4 is 17.2 Å². The van der Waals surface area contributed by atoms with E-state index in [0.29, 0.717) is 18.8 Å². The molecule has 8 nitrogen and oxygen atoms in total. The molecular weight excluding hydrogens is 387 g/mol. The number of nitrogens with one attached hydrogen (secondary N) is 1. The van der Waals surface area contributed by atoms with Gasteiger partial charge in [-0.25, -0.2) is 14.1 Å². The summed E-state index contributed by atoms with van der Waals surface area (Å²) in [5, 5.41) is 17.6. The van der Waals surface area contributed by atoms with Crippen molar-refractivity contribution in [3.8, 4) is 5.69 Å². The van der Waals surface area contributed by atoms with E-state index < -0.39 is 12.1 Å². The van der Waals surface area contributed by atoms with E-state index in [4.69, 9.17) is 0 Å². The molecule has 4 heterocycles. The van der Waals surface area contributed by atoms with E-state index >= 15 is 0 Å². The van der Waals surface area contributed by atoms with Gasteiger partial charge in [-0.3, -0.25) is 4.79 Å². The molecule has 1 saturated heterocycles. The number of halogens is 1. The molecule has 152 valence electrons. The number of benzene rings is 1. The van der Waals surface area contributed by atoms with Crippen LogP contribution in [-0.4, -0.2) is 55.4 Å². The number of aliphatic hydroxyl groups excluding tert-OH is 1. The molecule has 0 aliphatic carbocycles. The summed E-state index contributed by atoms with van der Waals surface area (Å²) in [6.45, 7) is 0.802. The first-order valence-corrected chi connectivity index (χ1v) is 9.56. The minimum Gasteiger partial charge on any atom is -0.389 e. The average molecular weight is 406 g/mol. The second-order valence-corrected chi connectivity index (χ2v) is 7.23. The number of hydrogen-bond acceptors (Lipinski definition) is 5. The van der Waals surface area contributed by atoms with Crippen LogP contribution in [0.1, 0.15) is 10.5 Å². The minimum atomic E-state index is -0.731. The minimum absolute atomic E-state index is 0.219. The highest BCUT2D eigenvalue weighted by molar-refractivity contribution is 5.92. The fourth-order valence-electron chi connectivity index (χ4n) is 3.73. The molecule has 1 aliphatic heterocycles. The SMILES string of the molecule is O=C(N[C@@H]1CN(c2nccn3cccc23)C[C@@H]1O)c1ccn(-c2ccc(F)cc2)n1. The molecule has 9 heteroatoms. The largest absolute Gasteiger partial charge is 0.389 e. The summed E-state index contributed by atoms with van der Waals surface area (Å²) in [6, 6.07) is 10.9. The number of carbonyl (C=O) groups excluding carboxylic acids is 1. The van der Waals surface area contributed by atoms with Gasteiger partial charge in [-0.05, 0) is 42.5 Å². The highest BCUT2D eigenvalue weighted by atomic mass is 19.1. The lowest BCUT2D eigenvalue weighted by Gasteiger charge is -2.18. The van der Waals surface area contributed by atoms with Crippen LogP contribution in [0.25, 0.3) is 11.2 Å². The number of aromatic nitrogens is 4. The summed E-state index contributed by atoms with van der Waals surface area (Å²) in [5.74, 6) is 0.0449. The molecule has 0 bridgehead atoms. The molecule has 1 fully saturated rings. The van der Waals surface area contributed by atoms with Gasteiger partial charge in [0.2, 0.25) is 0 Å². The molecule has 0 unspecified atom stereocenters. The molecule has 1 amide bonds. The van der Waals surface area contributed by atoms with Crippen molar-refractivity contribution in [1.29, 1.82) is 0 Å². The molecule has 0 radical (unpaired) electrons. The zero-order valence-corrected chi connectivity index (χ0v) is 15.9. The summed E-state index contributed by atoms with van der Waals surface area (Å²) in [6.07, 6.45) is 6.41. The summed E-state index contributed by atoms with van der Waals surface area (Å²) in [5.41, 5.74) is 1.81. The Morgan fingerprint density at radius 3 is 2.77 bits per heavy atom. The van der Waals surface area contributed by atoms with Gasteiger partial charge in [0, 0.05) is 37.9 Å². The lowest BCUT2D eigenvalue weighted by atomic mass is 10.2. The lowest BCUT2D eigenvalue weighted by molar-refractivity contribution is 0.0883. The summed E-state index contributed by atoms with van der Waals surface area (Å²) < 4.78 is 16.6. The zero-order valence-electron chi connectivity index (χ0n) is 15.9. The van der Waals surface area contributed by atoms with Crippen LogP contribution in [0, 0.1) is 5.82 Å². The second kappa shape index (κ2) is 7.27. The Morgan fingerprint density at radius 2 is 1.93 bits per heavy atom. The molecule has 5 rings (SSSR count). The Hall–Kier alpha value is -3.72. The van der Waals surface area contributed by atoms with Crippen LogP contribution >= 0.6 is 0 Å². The summed E-state index contributed by atoms with van der Waals surface area (Å²) >= 11 is 0. The van der Waals surface area contributed by atoms with Crippen LogP contribution in [-0.2, 0) is 0 Å². The van der Waals surface area contributed by atoms with Crippen molar-refractivity contribution in [3.63, 3.8) is 0 Å². The second-order valence-electron chi connectivity index (χ2n) is 7.23. The van der Waals surface area contributed by atoms with E-state index in [-0.39, 0.29) is 17.4 Å². The molecule has 1 aromatic carbocycles. The Morgan fingerprint density at radius 1 is 1.10 bits per heavy atom. The maximum absolute atomic E-state index is 13.1. The summed E-state index contributed by atoms with van der Waals surface area (Å²) in [4.78, 5) is 19.1. The van der Waals surface area contributed by atoms with Crippen molar-refractivity contribution < 1.29 is 14.3 Å². The highest BCUT2D eigenvalue weighted by Crippen LogP contribution is 2.24. The van der Waals surface area contributed by atoms with Crippen molar-refractivity contribution in [2.24, 2.45) is 0 Å². The van der Waals surface area contributed by atoms with E-state index in [1.165, 1.54) is 16.8 Å². The summed E-state index contributed by atoms with van der Waals surface area (Å²) in [7, 11) is 0. The quantitative estimate of drug-likeness (QED) is 0.538. The van der Waals surface area contributed by atoms with Crippen LogP contribution < -0.4 is 10.2 Å². The number of fused-ring (bicyclic) bond motifs is 1. The number of β-amino-alcohol motifs (C(OH)–C–C–N with tert-alkyl or cyclic N) is 1. The number of amides is 1. The van der Waals surface area contributed by atoms with Gasteiger partial charge < -0.3 is 19.7 Å². The number of carbonyl (C=O) groups is 1. The monoisotopic (exact) mass is 406 g/mol. The first-order chi connectivity index (χ1) is 14.6. The molecule has 3 aromatic heterocycles. The van der Waals surface area contributed by atoms with Gasteiger partial charge >= 0.3 is 0 Å². The van der Waals surface area contributed by atoms with Crippen molar-refractivity contribution in [3.05, 3.63) is 78.8 Å². The third-order valence-electron chi connectivity index (χ3n) is 5.25. The Balaban J connectivity index is 1.30. The lowest BCUT2D eigenvalue weighted by Crippen LogP contribution is -2.43. The van der Waals surface area contributed by atoms with Crippen LogP contribution in [0.4, 0.5) is 10.2 Å². The molecule has 4 aromatic rings. The van der Waals surface area contributed by atoms with Crippen LogP contribution in [0.2, 0.25) is 0 Å². The standard InChI is InChI=1S/C21H19FN6O2/c22-14-3-5-15(6-4-14)28-10-7-16(25-28)21(30)24-17-12-27(13-19(17)29)20-18-2-1-9-26(18)11-8-23-20/h1-11,17,19,29H,12-13H2,(H,24,30)/t17-,19+/m1/s1. The molecule has 30 heavy (non-hydrogen) atoms. The average Bonchev–Trinajstić information content (AvgIpc) is 3.48. The Kier molecular flexibility index (Phi) is 4.44. The van der Waals surface area contributed by atoms with Gasteiger partial charge in [-0.15, -0.1) is 0 Å². The number of aliphatic hydroxyl groups is 1. The normalized spacial score (nSPS) is 18.8. The molecule has 0 spiro atoms. The Bertz CT molecular complexity index is 1200. The van der Waals surface area contributed by atoms with E-state index in [1.54, 1.807) is 30.6 Å². The number of hydrogen-bond donors (Lipinski definition) is 2. The van der Waals surface area contributed by atoms with Gasteiger partial charge in [-0.2, -0.15) is 5.10 Å². The van der Waals surface area contributed by atoms with Crippen molar-refractivity contribution in [2.75, 3.05) is 18.0 Å². The fraction of sp³-hybridized carbons (Fsp3) is 0.190. The number of rotatable bonds is 4. The zero-order chi connectivity index (χ0) is 20.7. The maximum atomic E-state index is 13.1. The maximum Gasteiger partial charge on any atom is 0.272 e. The fourth-order valence-corrected chi connectivity index (χ4v) is 3.73. The molecule has 2 atom stereocenters. The van der Waals surface area contributed by atoms with Crippen molar-refractivity contribution in [1.82, 2.24) is 24.5 Å². The van der Waals surface area contributed by atoms with Crippen LogP contribution in [0.5, 0.6) is 0 Å². The topological polar surface area (TPSA) is 87.7 Å². The van der Waals surface area contributed by atoms with Gasteiger partial charge in [0.1, 0.15) is 5.82 Å². The smallest absolute Gasteiger partial charge is 0.272 e. The first-order valence-electron chi connectivity index (χ1n) is 9.56. The van der Waals surface area contributed by atoms with E-state index in [2.05, 4.69) is 15.4 Å². The van der Waals surface area contributed by atoms with E-state index in [0.717, 1.165) is 11.3 Å². The predicted molar refractivity (Wildman–Crippen MR) is 108 cm³/mol. The highest BCUT2D eigenvalue weighted by Gasteiger charge is 2.34.